The number of nitrogens with zero attached hydrogens (tertiary/aromatic N) is 1. The van der Waals surface area contributed by atoms with Crippen molar-refractivity contribution in [2.75, 3.05) is 0 Å². The van der Waals surface area contributed by atoms with E-state index in [0.29, 0.717) is 17.6 Å². The van der Waals surface area contributed by atoms with E-state index in [1.807, 2.05) is 53.1 Å². The number of benzene rings is 4. The predicted octanol–water partition coefficient (Wildman–Crippen LogP) is 6.55. The van der Waals surface area contributed by atoms with Crippen LogP contribution in [0, 0.1) is 12.3 Å². The Morgan fingerprint density at radius 2 is 1.56 bits per heavy atom. The van der Waals surface area contributed by atoms with Gasteiger partial charge in [-0.25, -0.2) is 0 Å². The molecule has 0 fully saturated rings. The standard InChI is InChI=1S/C31H22BNO2S/c1-2-24(20-27(32(34)35)31-19-23-12-6-9-15-30(23)36-31)33-28-14-8-7-13-25(28)26-17-16-22(18-29(26)33)21-10-4-3-5-11-21/h1,3-18,20,34-35H,19H2/b24-20+,31-27-. The lowest BCUT2D eigenvalue weighted by Crippen LogP contribution is -2.16. The van der Waals surface area contributed by atoms with Gasteiger partial charge in [0.25, 0.3) is 0 Å². The molecule has 0 radical (unpaired) electrons. The van der Waals surface area contributed by atoms with Gasteiger partial charge in [0, 0.05) is 22.1 Å². The molecule has 0 atom stereocenters. The molecule has 2 N–H and O–H groups in total. The second kappa shape index (κ2) is 9.25. The van der Waals surface area contributed by atoms with Crippen molar-refractivity contribution in [1.29, 1.82) is 0 Å². The highest BCUT2D eigenvalue weighted by Gasteiger charge is 2.25. The van der Waals surface area contributed by atoms with E-state index in [2.05, 4.69) is 54.5 Å². The van der Waals surface area contributed by atoms with E-state index in [1.165, 1.54) is 5.56 Å². The molecule has 172 valence electrons. The van der Waals surface area contributed by atoms with Gasteiger partial charge < -0.3 is 14.6 Å². The SMILES string of the molecule is C#C/C(=C\C(B(O)O)=C1/Cc2ccccc2S1)n1c2ccccc2c2ccc(-c3ccccc3)cc21. The Bertz CT molecular complexity index is 1700. The summed E-state index contributed by atoms with van der Waals surface area (Å²) >= 11 is 1.57. The minimum Gasteiger partial charge on any atom is -0.423 e. The molecule has 0 spiro atoms. The highest BCUT2D eigenvalue weighted by atomic mass is 32.2. The van der Waals surface area contributed by atoms with E-state index in [-0.39, 0.29) is 0 Å². The van der Waals surface area contributed by atoms with Gasteiger partial charge >= 0.3 is 7.12 Å². The van der Waals surface area contributed by atoms with Crippen molar-refractivity contribution in [2.45, 2.75) is 11.3 Å². The van der Waals surface area contributed by atoms with Crippen LogP contribution >= 0.6 is 11.8 Å². The van der Waals surface area contributed by atoms with Crippen LogP contribution < -0.4 is 0 Å². The normalized spacial score (nSPS) is 14.6. The van der Waals surface area contributed by atoms with E-state index >= 15 is 0 Å². The van der Waals surface area contributed by atoms with Gasteiger partial charge in [0.2, 0.25) is 0 Å². The van der Waals surface area contributed by atoms with Gasteiger partial charge in [0.1, 0.15) is 0 Å². The Hall–Kier alpha value is -3.95. The molecule has 5 aromatic rings. The summed E-state index contributed by atoms with van der Waals surface area (Å²) in [5.74, 6) is 2.84. The van der Waals surface area contributed by atoms with Crippen LogP contribution in [0.3, 0.4) is 0 Å². The Balaban J connectivity index is 1.58. The van der Waals surface area contributed by atoms with E-state index in [9.17, 15) is 10.0 Å². The minimum absolute atomic E-state index is 0.425. The molecule has 3 nitrogen and oxygen atoms in total. The molecule has 0 unspecified atom stereocenters. The Morgan fingerprint density at radius 3 is 2.33 bits per heavy atom. The number of hydrogen-bond donors (Lipinski definition) is 2. The molecule has 0 amide bonds. The first kappa shape index (κ1) is 22.5. The second-order valence-electron chi connectivity index (χ2n) is 8.76. The molecule has 6 rings (SSSR count). The summed E-state index contributed by atoms with van der Waals surface area (Å²) in [5.41, 5.74) is 6.31. The maximum atomic E-state index is 10.4. The van der Waals surface area contributed by atoms with E-state index < -0.39 is 7.12 Å². The molecule has 1 aliphatic rings. The maximum Gasteiger partial charge on any atom is 0.489 e. The molecular weight excluding hydrogens is 461 g/mol. The molecule has 0 saturated heterocycles. The van der Waals surface area contributed by atoms with Gasteiger partial charge in [0.05, 0.1) is 16.7 Å². The van der Waals surface area contributed by atoms with Gasteiger partial charge in [-0.2, -0.15) is 0 Å². The smallest absolute Gasteiger partial charge is 0.423 e. The summed E-state index contributed by atoms with van der Waals surface area (Å²) in [6.45, 7) is 0. The number of para-hydroxylation sites is 1. The summed E-state index contributed by atoms with van der Waals surface area (Å²) < 4.78 is 2.05. The second-order valence-corrected chi connectivity index (χ2v) is 9.90. The fourth-order valence-corrected chi connectivity index (χ4v) is 6.10. The highest BCUT2D eigenvalue weighted by Crippen LogP contribution is 2.42. The predicted molar refractivity (Wildman–Crippen MR) is 151 cm³/mol. The van der Waals surface area contributed by atoms with Gasteiger partial charge in [0.15, 0.2) is 0 Å². The van der Waals surface area contributed by atoms with Crippen molar-refractivity contribution in [1.82, 2.24) is 4.57 Å². The van der Waals surface area contributed by atoms with E-state index in [4.69, 9.17) is 6.42 Å². The Kier molecular flexibility index (Phi) is 5.79. The van der Waals surface area contributed by atoms with Gasteiger partial charge in [-0.3, -0.25) is 0 Å². The lowest BCUT2D eigenvalue weighted by Gasteiger charge is -2.11. The van der Waals surface area contributed by atoms with Crippen molar-refractivity contribution in [3.05, 3.63) is 119 Å². The summed E-state index contributed by atoms with van der Waals surface area (Å²) in [5, 5.41) is 22.9. The molecule has 1 aliphatic heterocycles. The number of aromatic nitrogens is 1. The number of thioether (sulfide) groups is 1. The quantitative estimate of drug-likeness (QED) is 0.225. The first-order valence-electron chi connectivity index (χ1n) is 11.8. The fraction of sp³-hybridized carbons (Fsp3) is 0.0323. The van der Waals surface area contributed by atoms with Crippen molar-refractivity contribution >= 4 is 46.4 Å². The summed E-state index contributed by atoms with van der Waals surface area (Å²) in [7, 11) is -1.64. The van der Waals surface area contributed by atoms with Crippen LogP contribution in [0.2, 0.25) is 0 Å². The molecule has 0 bridgehead atoms. The number of allylic oxidation sites excluding steroid dienone is 4. The van der Waals surface area contributed by atoms with Crippen LogP contribution in [-0.2, 0) is 6.42 Å². The molecular formula is C31H22BNO2S. The number of hydrogen-bond acceptors (Lipinski definition) is 3. The van der Waals surface area contributed by atoms with Crippen LogP contribution in [-0.4, -0.2) is 21.7 Å². The summed E-state index contributed by atoms with van der Waals surface area (Å²) in [6, 6.07) is 32.9. The van der Waals surface area contributed by atoms with Crippen LogP contribution in [0.15, 0.2) is 118 Å². The lowest BCUT2D eigenvalue weighted by molar-refractivity contribution is 0.420. The Labute approximate surface area is 214 Å². The average Bonchev–Trinajstić information content (AvgIpc) is 3.49. The summed E-state index contributed by atoms with van der Waals surface area (Å²) in [6.07, 6.45) is 8.49. The molecule has 0 saturated carbocycles. The topological polar surface area (TPSA) is 45.4 Å². The lowest BCUT2D eigenvalue weighted by atomic mass is 9.77. The van der Waals surface area contributed by atoms with Gasteiger partial charge in [-0.05, 0) is 51.3 Å². The third-order valence-corrected chi connectivity index (χ3v) is 7.86. The zero-order valence-electron chi connectivity index (χ0n) is 19.4. The van der Waals surface area contributed by atoms with Crippen molar-refractivity contribution in [3.8, 4) is 23.5 Å². The zero-order chi connectivity index (χ0) is 24.6. The molecule has 0 aliphatic carbocycles. The summed E-state index contributed by atoms with van der Waals surface area (Å²) in [4.78, 5) is 2.02. The van der Waals surface area contributed by atoms with Gasteiger partial charge in [-0.1, -0.05) is 96.5 Å². The van der Waals surface area contributed by atoms with Gasteiger partial charge in [-0.15, -0.1) is 6.42 Å². The first-order chi connectivity index (χ1) is 17.6. The molecule has 2 heterocycles. The fourth-order valence-electron chi connectivity index (χ4n) is 4.91. The van der Waals surface area contributed by atoms with E-state index in [0.717, 1.165) is 42.7 Å². The van der Waals surface area contributed by atoms with Crippen molar-refractivity contribution < 1.29 is 10.0 Å². The maximum absolute atomic E-state index is 10.4. The van der Waals surface area contributed by atoms with Crippen LogP contribution in [0.5, 0.6) is 0 Å². The van der Waals surface area contributed by atoms with Crippen LogP contribution in [0.1, 0.15) is 5.56 Å². The van der Waals surface area contributed by atoms with Crippen LogP contribution in [0.4, 0.5) is 0 Å². The largest absolute Gasteiger partial charge is 0.489 e. The highest BCUT2D eigenvalue weighted by molar-refractivity contribution is 8.03. The minimum atomic E-state index is -1.64. The Morgan fingerprint density at radius 1 is 0.833 bits per heavy atom. The third-order valence-electron chi connectivity index (χ3n) is 6.62. The van der Waals surface area contributed by atoms with E-state index in [1.54, 1.807) is 17.8 Å². The monoisotopic (exact) mass is 483 g/mol. The molecule has 36 heavy (non-hydrogen) atoms. The third kappa shape index (κ3) is 3.86. The van der Waals surface area contributed by atoms with Crippen molar-refractivity contribution in [2.24, 2.45) is 0 Å². The number of terminal acetylenes is 1. The first-order valence-corrected chi connectivity index (χ1v) is 12.6. The number of rotatable bonds is 4. The number of fused-ring (bicyclic) bond motifs is 4. The zero-order valence-corrected chi connectivity index (χ0v) is 20.2. The van der Waals surface area contributed by atoms with Crippen molar-refractivity contribution in [3.63, 3.8) is 0 Å². The van der Waals surface area contributed by atoms with Crippen LogP contribution in [0.25, 0.3) is 38.6 Å². The molecule has 5 heteroatoms. The molecule has 1 aromatic heterocycles. The average molecular weight is 483 g/mol. The molecule has 4 aromatic carbocycles.